The molecule has 0 aliphatic rings. The molecule has 2 rings (SSSR count). The Labute approximate surface area is 123 Å². The van der Waals surface area contributed by atoms with Crippen LogP contribution >= 0.6 is 0 Å². The van der Waals surface area contributed by atoms with Crippen LogP contribution in [-0.4, -0.2) is 10.8 Å². The summed E-state index contributed by atoms with van der Waals surface area (Å²) in [7, 11) is 0. The average molecular weight is 307 g/mol. The monoisotopic (exact) mass is 307 g/mol. The number of hydrogen-bond acceptors (Lipinski definition) is 4. The number of ketones is 1. The topological polar surface area (TPSA) is 53.8 Å². The summed E-state index contributed by atoms with van der Waals surface area (Å²) in [6, 6.07) is 9.93. The summed E-state index contributed by atoms with van der Waals surface area (Å²) in [4.78, 5) is 15.4. The normalized spacial score (nSPS) is 11.0. The van der Waals surface area contributed by atoms with Gasteiger partial charge in [-0.3, -0.25) is 9.78 Å². The van der Waals surface area contributed by atoms with Gasteiger partial charge in [0.15, 0.2) is 11.5 Å². The maximum atomic E-state index is 13.0. The van der Waals surface area contributed by atoms with Crippen LogP contribution in [0.5, 0.6) is 0 Å². The Morgan fingerprint density at radius 2 is 1.86 bits per heavy atom. The van der Waals surface area contributed by atoms with E-state index >= 15 is 0 Å². The largest absolute Gasteiger partial charge is 0.759 e. The predicted octanol–water partition coefficient (Wildman–Crippen LogP) is 3.11. The Balaban J connectivity index is 2.67. The molecule has 0 amide bonds. The average Bonchev–Trinajstić information content (AvgIpc) is 2.46. The zero-order valence-electron chi connectivity index (χ0n) is 10.3. The molecule has 0 saturated heterocycles. The van der Waals surface area contributed by atoms with Crippen LogP contribution in [0.2, 0.25) is 0 Å². The number of alkyl halides is 3. The number of hydrogen-bond donors (Lipinski definition) is 0. The predicted molar refractivity (Wildman–Crippen MR) is 69.5 cm³/mol. The molecule has 21 heavy (non-hydrogen) atoms. The summed E-state index contributed by atoms with van der Waals surface area (Å²) >= 11 is 4.63. The van der Waals surface area contributed by atoms with Crippen LogP contribution in [-0.2, 0) is 18.8 Å². The van der Waals surface area contributed by atoms with Crippen LogP contribution in [0, 0.1) is 11.3 Å². The highest BCUT2D eigenvalue weighted by Crippen LogP contribution is 2.32. The lowest BCUT2D eigenvalue weighted by atomic mass is 10.0. The van der Waals surface area contributed by atoms with Gasteiger partial charge >= 0.3 is 6.18 Å². The zero-order chi connectivity index (χ0) is 15.6. The maximum Gasteiger partial charge on any atom is 0.434 e. The molecule has 3 nitrogen and oxygen atoms in total. The van der Waals surface area contributed by atoms with E-state index in [0.717, 1.165) is 6.07 Å². The molecule has 106 valence electrons. The molecule has 1 aromatic heterocycles. The zero-order valence-corrected chi connectivity index (χ0v) is 11.1. The van der Waals surface area contributed by atoms with Gasteiger partial charge in [-0.15, -0.1) is 0 Å². The van der Waals surface area contributed by atoms with Gasteiger partial charge in [0, 0.05) is 5.56 Å². The van der Waals surface area contributed by atoms with E-state index in [-0.39, 0.29) is 11.1 Å². The van der Waals surface area contributed by atoms with Crippen molar-refractivity contribution >= 4 is 18.4 Å². The Bertz CT molecular complexity index is 736. The van der Waals surface area contributed by atoms with E-state index in [9.17, 15) is 18.0 Å². The van der Waals surface area contributed by atoms with Gasteiger partial charge in [0.05, 0.1) is 17.2 Å². The van der Waals surface area contributed by atoms with Crippen molar-refractivity contribution in [3.05, 3.63) is 58.8 Å². The number of aromatic nitrogens is 1. The molecule has 0 radical (unpaired) electrons. The lowest BCUT2D eigenvalue weighted by molar-refractivity contribution is -0.141. The number of nitrogens with zero attached hydrogens (tertiary/aromatic N) is 2. The summed E-state index contributed by atoms with van der Waals surface area (Å²) in [6.45, 7) is 0. The number of carbonyl (C=O) groups excluding carboxylic acids is 1. The molecule has 0 atom stereocenters. The highest BCUT2D eigenvalue weighted by atomic mass is 32.1. The third kappa shape index (κ3) is 3.01. The minimum absolute atomic E-state index is 0.0748. The smallest absolute Gasteiger partial charge is 0.434 e. The van der Waals surface area contributed by atoms with Crippen LogP contribution in [0.3, 0.4) is 0 Å². The fourth-order valence-electron chi connectivity index (χ4n) is 1.71. The summed E-state index contributed by atoms with van der Waals surface area (Å²) < 4.78 is 39.0. The van der Waals surface area contributed by atoms with Gasteiger partial charge in [0.25, 0.3) is 0 Å². The molecule has 0 spiro atoms. The van der Waals surface area contributed by atoms with Crippen LogP contribution in [0.25, 0.3) is 0 Å². The van der Waals surface area contributed by atoms with Crippen LogP contribution in [0.4, 0.5) is 13.2 Å². The first-order chi connectivity index (χ1) is 9.84. The first-order valence-electron chi connectivity index (χ1n) is 5.63. The fourth-order valence-corrected chi connectivity index (χ4v) is 1.91. The highest BCUT2D eigenvalue weighted by molar-refractivity contribution is 7.58. The lowest BCUT2D eigenvalue weighted by Crippen LogP contribution is -2.17. The van der Waals surface area contributed by atoms with Crippen molar-refractivity contribution in [3.8, 4) is 6.07 Å². The number of nitriles is 1. The molecule has 0 aliphatic carbocycles. The summed E-state index contributed by atoms with van der Waals surface area (Å²) in [6.07, 6.45) is -4.83. The van der Waals surface area contributed by atoms with Crippen molar-refractivity contribution in [2.24, 2.45) is 0 Å². The van der Waals surface area contributed by atoms with Gasteiger partial charge in [0.1, 0.15) is 0 Å². The molecule has 0 fully saturated rings. The summed E-state index contributed by atoms with van der Waals surface area (Å²) in [5.41, 5.74) is -2.22. The molecular formula is C14H6F3N2OS-. The van der Waals surface area contributed by atoms with Gasteiger partial charge in [-0.05, 0) is 6.07 Å². The Kier molecular flexibility index (Phi) is 3.91. The van der Waals surface area contributed by atoms with Crippen molar-refractivity contribution in [3.63, 3.8) is 0 Å². The van der Waals surface area contributed by atoms with Crippen molar-refractivity contribution in [1.82, 2.24) is 4.98 Å². The Morgan fingerprint density at radius 1 is 1.24 bits per heavy atom. The van der Waals surface area contributed by atoms with Crippen molar-refractivity contribution in [2.75, 3.05) is 0 Å². The second-order valence-corrected chi connectivity index (χ2v) is 4.43. The van der Waals surface area contributed by atoms with E-state index in [1.807, 2.05) is 0 Å². The molecular weight excluding hydrogens is 301 g/mol. The molecule has 0 N–H and O–H groups in total. The van der Waals surface area contributed by atoms with E-state index in [1.54, 1.807) is 12.1 Å². The standard InChI is InChI=1S/C14H7F3N2OS/c15-14(16,17)12-10(6-9(7-18)13(21)19-12)11(20)8-4-2-1-3-5-8/h1-6H,(H,19,21)/p-1. The third-order valence-electron chi connectivity index (χ3n) is 2.66. The molecule has 7 heteroatoms. The Morgan fingerprint density at radius 3 is 2.38 bits per heavy atom. The van der Waals surface area contributed by atoms with Crippen LogP contribution in [0.15, 0.2) is 41.4 Å². The van der Waals surface area contributed by atoms with E-state index in [0.29, 0.717) is 0 Å². The van der Waals surface area contributed by atoms with Gasteiger partial charge in [0.2, 0.25) is 0 Å². The van der Waals surface area contributed by atoms with Crippen LogP contribution in [0.1, 0.15) is 27.2 Å². The Hall–Kier alpha value is -2.46. The molecule has 0 saturated carbocycles. The SMILES string of the molecule is N#Cc1cc(C(=O)c2ccccc2)c(C(F)(F)F)nc1[S-]. The molecule has 0 aliphatic heterocycles. The van der Waals surface area contributed by atoms with E-state index < -0.39 is 28.2 Å². The number of halogens is 3. The molecule has 0 bridgehead atoms. The third-order valence-corrected chi connectivity index (χ3v) is 2.97. The quantitative estimate of drug-likeness (QED) is 0.632. The summed E-state index contributed by atoms with van der Waals surface area (Å²) in [5, 5.41) is 8.36. The molecule has 1 heterocycles. The second-order valence-electron chi connectivity index (χ2n) is 4.04. The van der Waals surface area contributed by atoms with Crippen molar-refractivity contribution in [2.45, 2.75) is 11.2 Å². The minimum Gasteiger partial charge on any atom is -0.759 e. The number of pyridine rings is 1. The second kappa shape index (κ2) is 5.50. The lowest BCUT2D eigenvalue weighted by Gasteiger charge is -2.16. The first-order valence-corrected chi connectivity index (χ1v) is 6.04. The van der Waals surface area contributed by atoms with Gasteiger partial charge in [-0.2, -0.15) is 18.4 Å². The summed E-state index contributed by atoms with van der Waals surface area (Å²) in [5.74, 6) is -0.859. The van der Waals surface area contributed by atoms with Crippen molar-refractivity contribution < 1.29 is 18.0 Å². The maximum absolute atomic E-state index is 13.0. The molecule has 1 aromatic carbocycles. The molecule has 0 unspecified atom stereocenters. The van der Waals surface area contributed by atoms with E-state index in [1.165, 1.54) is 24.3 Å². The van der Waals surface area contributed by atoms with Crippen LogP contribution < -0.4 is 0 Å². The minimum atomic E-state index is -4.83. The molecule has 2 aromatic rings. The van der Waals surface area contributed by atoms with Gasteiger partial charge < -0.3 is 12.6 Å². The number of benzene rings is 1. The van der Waals surface area contributed by atoms with Crippen molar-refractivity contribution in [1.29, 1.82) is 5.26 Å². The van der Waals surface area contributed by atoms with E-state index in [2.05, 4.69) is 17.6 Å². The number of rotatable bonds is 2. The van der Waals surface area contributed by atoms with E-state index in [4.69, 9.17) is 5.26 Å². The first kappa shape index (κ1) is 14.9. The number of carbonyl (C=O) groups is 1. The van der Waals surface area contributed by atoms with Gasteiger partial charge in [-0.25, -0.2) is 0 Å². The highest BCUT2D eigenvalue weighted by Gasteiger charge is 2.37. The fraction of sp³-hybridized carbons (Fsp3) is 0.0714. The van der Waals surface area contributed by atoms with Gasteiger partial charge in [-0.1, -0.05) is 35.4 Å².